The molecular formula is C18H19FN2O5S. The van der Waals surface area contributed by atoms with E-state index in [1.54, 1.807) is 18.2 Å². The molecule has 1 amide bonds. The fraction of sp³-hybridized carbons (Fsp3) is 0.278. The van der Waals surface area contributed by atoms with E-state index in [0.717, 1.165) is 0 Å². The van der Waals surface area contributed by atoms with Gasteiger partial charge in [-0.25, -0.2) is 12.8 Å². The standard InChI is InChI=1S/C18H19FN2O5S/c1-25-17-8-5-14(21-9-2-10-27(21,23)24)11-16(17)20-18(22)12-26-15-6-3-13(19)4-7-15/h3-8,11H,2,9-10,12H2,1H3,(H,20,22). The summed E-state index contributed by atoms with van der Waals surface area (Å²) in [6, 6.07) is 10.1. The predicted octanol–water partition coefficient (Wildman–Crippen LogP) is 2.39. The van der Waals surface area contributed by atoms with Crippen molar-refractivity contribution in [3.8, 4) is 11.5 Å². The van der Waals surface area contributed by atoms with Gasteiger partial charge in [-0.3, -0.25) is 9.10 Å². The molecule has 0 bridgehead atoms. The fourth-order valence-corrected chi connectivity index (χ4v) is 4.30. The minimum Gasteiger partial charge on any atom is -0.495 e. The molecule has 3 rings (SSSR count). The number of nitrogens with one attached hydrogen (secondary N) is 1. The fourth-order valence-electron chi connectivity index (χ4n) is 2.74. The number of hydrogen-bond donors (Lipinski definition) is 1. The molecule has 0 unspecified atom stereocenters. The van der Waals surface area contributed by atoms with E-state index in [1.165, 1.54) is 35.7 Å². The lowest BCUT2D eigenvalue weighted by Crippen LogP contribution is -2.25. The Morgan fingerprint density at radius 3 is 2.59 bits per heavy atom. The molecular weight excluding hydrogens is 375 g/mol. The topological polar surface area (TPSA) is 84.9 Å². The second-order valence-electron chi connectivity index (χ2n) is 5.92. The van der Waals surface area contributed by atoms with E-state index < -0.39 is 21.7 Å². The molecule has 9 heteroatoms. The molecule has 1 heterocycles. The molecule has 0 spiro atoms. The van der Waals surface area contributed by atoms with Gasteiger partial charge in [0, 0.05) is 6.54 Å². The summed E-state index contributed by atoms with van der Waals surface area (Å²) in [5.41, 5.74) is 0.799. The first-order valence-corrected chi connectivity index (χ1v) is 9.86. The predicted molar refractivity (Wildman–Crippen MR) is 99.3 cm³/mol. The van der Waals surface area contributed by atoms with Crippen LogP contribution in [0.1, 0.15) is 6.42 Å². The second kappa shape index (κ2) is 7.83. The molecule has 1 N–H and O–H groups in total. The average molecular weight is 394 g/mol. The molecule has 0 atom stereocenters. The maximum absolute atomic E-state index is 12.9. The van der Waals surface area contributed by atoms with Gasteiger partial charge in [-0.1, -0.05) is 0 Å². The summed E-state index contributed by atoms with van der Waals surface area (Å²) in [4.78, 5) is 12.2. The number of methoxy groups -OCH3 is 1. The van der Waals surface area contributed by atoms with Gasteiger partial charge in [0.2, 0.25) is 10.0 Å². The van der Waals surface area contributed by atoms with Crippen LogP contribution in [0.3, 0.4) is 0 Å². The van der Waals surface area contributed by atoms with Crippen molar-refractivity contribution in [1.29, 1.82) is 0 Å². The van der Waals surface area contributed by atoms with Crippen LogP contribution in [0.4, 0.5) is 15.8 Å². The van der Waals surface area contributed by atoms with Gasteiger partial charge in [-0.05, 0) is 48.9 Å². The summed E-state index contributed by atoms with van der Waals surface area (Å²) in [6.07, 6.45) is 0.557. The van der Waals surface area contributed by atoms with Crippen LogP contribution >= 0.6 is 0 Å². The van der Waals surface area contributed by atoms with Crippen LogP contribution in [-0.4, -0.2) is 40.3 Å². The van der Waals surface area contributed by atoms with Crippen molar-refractivity contribution in [2.45, 2.75) is 6.42 Å². The monoisotopic (exact) mass is 394 g/mol. The zero-order valence-electron chi connectivity index (χ0n) is 14.6. The molecule has 2 aromatic carbocycles. The quantitative estimate of drug-likeness (QED) is 0.813. The van der Waals surface area contributed by atoms with E-state index in [4.69, 9.17) is 9.47 Å². The number of sulfonamides is 1. The third-order valence-electron chi connectivity index (χ3n) is 4.03. The first-order valence-electron chi connectivity index (χ1n) is 8.26. The highest BCUT2D eigenvalue weighted by Gasteiger charge is 2.29. The lowest BCUT2D eigenvalue weighted by atomic mass is 10.2. The van der Waals surface area contributed by atoms with Crippen LogP contribution in [-0.2, 0) is 14.8 Å². The molecule has 0 radical (unpaired) electrons. The highest BCUT2D eigenvalue weighted by Crippen LogP contribution is 2.32. The summed E-state index contributed by atoms with van der Waals surface area (Å²) < 4.78 is 48.9. The zero-order valence-corrected chi connectivity index (χ0v) is 15.5. The first kappa shape index (κ1) is 19.0. The smallest absolute Gasteiger partial charge is 0.262 e. The number of rotatable bonds is 6. The number of ether oxygens (including phenoxy) is 2. The number of benzene rings is 2. The van der Waals surface area contributed by atoms with E-state index in [0.29, 0.717) is 35.8 Å². The van der Waals surface area contributed by atoms with E-state index in [1.807, 2.05) is 0 Å². The summed E-state index contributed by atoms with van der Waals surface area (Å²) in [5, 5.41) is 2.65. The third-order valence-corrected chi connectivity index (χ3v) is 5.90. The van der Waals surface area contributed by atoms with Gasteiger partial charge >= 0.3 is 0 Å². The van der Waals surface area contributed by atoms with Gasteiger partial charge in [0.15, 0.2) is 6.61 Å². The number of halogens is 1. The van der Waals surface area contributed by atoms with E-state index in [2.05, 4.69) is 5.32 Å². The first-order chi connectivity index (χ1) is 12.9. The Hall–Kier alpha value is -2.81. The van der Waals surface area contributed by atoms with E-state index >= 15 is 0 Å². The SMILES string of the molecule is COc1ccc(N2CCCS2(=O)=O)cc1NC(=O)COc1ccc(F)cc1. The van der Waals surface area contributed by atoms with Gasteiger partial charge in [-0.15, -0.1) is 0 Å². The van der Waals surface area contributed by atoms with Crippen molar-refractivity contribution in [1.82, 2.24) is 0 Å². The Bertz CT molecular complexity index is 931. The Morgan fingerprint density at radius 1 is 1.22 bits per heavy atom. The Balaban J connectivity index is 1.71. The van der Waals surface area contributed by atoms with Gasteiger partial charge in [-0.2, -0.15) is 0 Å². The van der Waals surface area contributed by atoms with Crippen molar-refractivity contribution in [3.63, 3.8) is 0 Å². The summed E-state index contributed by atoms with van der Waals surface area (Å²) in [5.74, 6) is -0.00292. The van der Waals surface area contributed by atoms with Gasteiger partial charge in [0.25, 0.3) is 5.91 Å². The molecule has 1 aliphatic rings. The second-order valence-corrected chi connectivity index (χ2v) is 7.93. The van der Waals surface area contributed by atoms with Crippen LogP contribution in [0, 0.1) is 5.82 Å². The maximum atomic E-state index is 12.9. The number of nitrogens with zero attached hydrogens (tertiary/aromatic N) is 1. The van der Waals surface area contributed by atoms with Crippen molar-refractivity contribution >= 4 is 27.3 Å². The van der Waals surface area contributed by atoms with Crippen molar-refractivity contribution in [3.05, 3.63) is 48.3 Å². The molecule has 7 nitrogen and oxygen atoms in total. The van der Waals surface area contributed by atoms with Gasteiger partial charge in [0.1, 0.15) is 17.3 Å². The van der Waals surface area contributed by atoms with Crippen LogP contribution in [0.2, 0.25) is 0 Å². The molecule has 1 aliphatic heterocycles. The largest absolute Gasteiger partial charge is 0.495 e. The lowest BCUT2D eigenvalue weighted by Gasteiger charge is -2.19. The Morgan fingerprint density at radius 2 is 1.96 bits per heavy atom. The van der Waals surface area contributed by atoms with Crippen molar-refractivity contribution in [2.75, 3.05) is 35.6 Å². The summed E-state index contributed by atoms with van der Waals surface area (Å²) >= 11 is 0. The minimum absolute atomic E-state index is 0.103. The number of carbonyl (C=O) groups excluding carboxylic acids is 1. The molecule has 0 aromatic heterocycles. The highest BCUT2D eigenvalue weighted by atomic mass is 32.2. The zero-order chi connectivity index (χ0) is 19.4. The summed E-state index contributed by atoms with van der Waals surface area (Å²) in [7, 11) is -1.88. The van der Waals surface area contributed by atoms with Crippen LogP contribution in [0.25, 0.3) is 0 Å². The summed E-state index contributed by atoms with van der Waals surface area (Å²) in [6.45, 7) is 0.108. The number of amides is 1. The molecule has 0 saturated carbocycles. The molecule has 2 aromatic rings. The number of carbonyl (C=O) groups is 1. The average Bonchev–Trinajstić information content (AvgIpc) is 3.00. The van der Waals surface area contributed by atoms with Crippen LogP contribution < -0.4 is 19.1 Å². The number of hydrogen-bond acceptors (Lipinski definition) is 5. The minimum atomic E-state index is -3.33. The normalized spacial score (nSPS) is 15.4. The van der Waals surface area contributed by atoms with E-state index in [-0.39, 0.29) is 12.4 Å². The molecule has 1 fully saturated rings. The van der Waals surface area contributed by atoms with Crippen molar-refractivity contribution in [2.24, 2.45) is 0 Å². The highest BCUT2D eigenvalue weighted by molar-refractivity contribution is 7.93. The van der Waals surface area contributed by atoms with Gasteiger partial charge < -0.3 is 14.8 Å². The molecule has 0 aliphatic carbocycles. The van der Waals surface area contributed by atoms with Gasteiger partial charge in [0.05, 0.1) is 24.2 Å². The van der Waals surface area contributed by atoms with E-state index in [9.17, 15) is 17.6 Å². The molecule has 144 valence electrons. The lowest BCUT2D eigenvalue weighted by molar-refractivity contribution is -0.118. The maximum Gasteiger partial charge on any atom is 0.262 e. The molecule has 1 saturated heterocycles. The molecule has 27 heavy (non-hydrogen) atoms. The third kappa shape index (κ3) is 4.48. The van der Waals surface area contributed by atoms with Crippen LogP contribution in [0.5, 0.6) is 11.5 Å². The van der Waals surface area contributed by atoms with Crippen molar-refractivity contribution < 1.29 is 27.1 Å². The Kier molecular flexibility index (Phi) is 5.50. The Labute approximate surface area is 156 Å². The van der Waals surface area contributed by atoms with Crippen LogP contribution in [0.15, 0.2) is 42.5 Å². The number of anilines is 2.